The molecular weight excluding hydrogens is 288 g/mol. The predicted octanol–water partition coefficient (Wildman–Crippen LogP) is 2.56. The van der Waals surface area contributed by atoms with Crippen LogP contribution in [0.15, 0.2) is 34.1 Å². The Kier molecular flexibility index (Phi) is 3.70. The third-order valence-corrected chi connectivity index (χ3v) is 3.62. The minimum atomic E-state index is -0.666. The number of aromatic nitrogens is 1. The minimum Gasteiger partial charge on any atom is -0.385 e. The summed E-state index contributed by atoms with van der Waals surface area (Å²) >= 11 is 4.89. The van der Waals surface area contributed by atoms with Crippen LogP contribution >= 0.6 is 27.3 Å². The number of aliphatic hydroxyl groups is 1. The molecule has 0 amide bonds. The SMILES string of the molecule is NCC(O)c1csc(-c2ccc(Br)cc2)n1. The maximum Gasteiger partial charge on any atom is 0.123 e. The fourth-order valence-electron chi connectivity index (χ4n) is 1.29. The second kappa shape index (κ2) is 5.05. The standard InChI is InChI=1S/C11H11BrN2OS/c12-8-3-1-7(2-4-8)11-14-9(6-16-11)10(15)5-13/h1-4,6,10,15H,5,13H2. The molecule has 2 rings (SSSR count). The fourth-order valence-corrected chi connectivity index (χ4v) is 2.42. The van der Waals surface area contributed by atoms with E-state index in [0.29, 0.717) is 5.69 Å². The molecule has 0 spiro atoms. The summed E-state index contributed by atoms with van der Waals surface area (Å²) in [6.07, 6.45) is -0.666. The van der Waals surface area contributed by atoms with Gasteiger partial charge in [-0.25, -0.2) is 4.98 Å². The lowest BCUT2D eigenvalue weighted by atomic mass is 10.2. The van der Waals surface area contributed by atoms with Gasteiger partial charge in [0.25, 0.3) is 0 Å². The summed E-state index contributed by atoms with van der Waals surface area (Å²) in [6, 6.07) is 7.91. The quantitative estimate of drug-likeness (QED) is 0.915. The van der Waals surface area contributed by atoms with E-state index in [0.717, 1.165) is 15.0 Å². The minimum absolute atomic E-state index is 0.198. The topological polar surface area (TPSA) is 59.1 Å². The number of halogens is 1. The number of nitrogens with two attached hydrogens (primary N) is 1. The van der Waals surface area contributed by atoms with Gasteiger partial charge >= 0.3 is 0 Å². The highest BCUT2D eigenvalue weighted by atomic mass is 79.9. The first kappa shape index (κ1) is 11.7. The molecule has 1 aromatic heterocycles. The first-order chi connectivity index (χ1) is 7.70. The van der Waals surface area contributed by atoms with Crippen LogP contribution in [-0.2, 0) is 0 Å². The zero-order chi connectivity index (χ0) is 11.5. The molecule has 16 heavy (non-hydrogen) atoms. The van der Waals surface area contributed by atoms with E-state index in [9.17, 15) is 5.11 Å². The summed E-state index contributed by atoms with van der Waals surface area (Å²) in [4.78, 5) is 4.35. The van der Waals surface area contributed by atoms with Crippen molar-refractivity contribution in [1.82, 2.24) is 4.98 Å². The van der Waals surface area contributed by atoms with Crippen LogP contribution in [0.5, 0.6) is 0 Å². The van der Waals surface area contributed by atoms with Crippen molar-refractivity contribution in [3.8, 4) is 10.6 Å². The third-order valence-electron chi connectivity index (χ3n) is 2.18. The summed E-state index contributed by atoms with van der Waals surface area (Å²) in [5, 5.41) is 12.3. The lowest BCUT2D eigenvalue weighted by molar-refractivity contribution is 0.182. The number of benzene rings is 1. The van der Waals surface area contributed by atoms with Crippen LogP contribution in [0.25, 0.3) is 10.6 Å². The molecule has 5 heteroatoms. The Hall–Kier alpha value is -0.750. The highest BCUT2D eigenvalue weighted by Crippen LogP contribution is 2.27. The van der Waals surface area contributed by atoms with Gasteiger partial charge in [-0.05, 0) is 12.1 Å². The van der Waals surface area contributed by atoms with Gasteiger partial charge in [0.2, 0.25) is 0 Å². The number of nitrogens with zero attached hydrogens (tertiary/aromatic N) is 1. The van der Waals surface area contributed by atoms with E-state index < -0.39 is 6.10 Å². The van der Waals surface area contributed by atoms with E-state index in [2.05, 4.69) is 20.9 Å². The number of rotatable bonds is 3. The summed E-state index contributed by atoms with van der Waals surface area (Å²) in [5.74, 6) is 0. The molecule has 3 nitrogen and oxygen atoms in total. The van der Waals surface area contributed by atoms with Crippen molar-refractivity contribution in [2.45, 2.75) is 6.10 Å². The molecule has 0 aliphatic carbocycles. The molecule has 0 fully saturated rings. The van der Waals surface area contributed by atoms with Gasteiger partial charge in [-0.3, -0.25) is 0 Å². The molecule has 0 radical (unpaired) electrons. The molecule has 0 saturated heterocycles. The third kappa shape index (κ3) is 2.49. The Bertz CT molecular complexity index is 469. The smallest absolute Gasteiger partial charge is 0.123 e. The zero-order valence-corrected chi connectivity index (χ0v) is 10.8. The van der Waals surface area contributed by atoms with Crippen LogP contribution in [0, 0.1) is 0 Å². The zero-order valence-electron chi connectivity index (χ0n) is 8.43. The molecule has 1 aromatic carbocycles. The van der Waals surface area contributed by atoms with Crippen LogP contribution in [0.2, 0.25) is 0 Å². The normalized spacial score (nSPS) is 12.7. The van der Waals surface area contributed by atoms with Crippen molar-refractivity contribution in [2.75, 3.05) is 6.54 Å². The van der Waals surface area contributed by atoms with Gasteiger partial charge in [0.1, 0.15) is 11.1 Å². The molecule has 2 aromatic rings. The number of aliphatic hydroxyl groups excluding tert-OH is 1. The van der Waals surface area contributed by atoms with Crippen molar-refractivity contribution in [3.05, 3.63) is 39.8 Å². The van der Waals surface area contributed by atoms with E-state index in [1.54, 1.807) is 0 Å². The van der Waals surface area contributed by atoms with Crippen LogP contribution < -0.4 is 5.73 Å². The molecule has 1 heterocycles. The average Bonchev–Trinajstić information content (AvgIpc) is 2.78. The Morgan fingerprint density at radius 3 is 2.69 bits per heavy atom. The Morgan fingerprint density at radius 1 is 1.38 bits per heavy atom. The van der Waals surface area contributed by atoms with Crippen molar-refractivity contribution in [3.63, 3.8) is 0 Å². The Balaban J connectivity index is 2.28. The molecule has 0 aliphatic heterocycles. The maximum atomic E-state index is 9.55. The number of thiazole rings is 1. The highest BCUT2D eigenvalue weighted by Gasteiger charge is 2.10. The Morgan fingerprint density at radius 2 is 2.06 bits per heavy atom. The number of hydrogen-bond donors (Lipinski definition) is 2. The van der Waals surface area contributed by atoms with Gasteiger partial charge in [0.15, 0.2) is 0 Å². The summed E-state index contributed by atoms with van der Waals surface area (Å²) in [6.45, 7) is 0.198. The molecule has 84 valence electrons. The van der Waals surface area contributed by atoms with Gasteiger partial charge < -0.3 is 10.8 Å². The molecule has 0 aliphatic rings. The molecular formula is C11H11BrN2OS. The van der Waals surface area contributed by atoms with E-state index >= 15 is 0 Å². The Labute approximate surface area is 106 Å². The summed E-state index contributed by atoms with van der Waals surface area (Å²) in [7, 11) is 0. The van der Waals surface area contributed by atoms with E-state index in [1.807, 2.05) is 29.6 Å². The largest absolute Gasteiger partial charge is 0.385 e. The predicted molar refractivity (Wildman–Crippen MR) is 69.3 cm³/mol. The highest BCUT2D eigenvalue weighted by molar-refractivity contribution is 9.10. The van der Waals surface area contributed by atoms with Crippen LogP contribution in [-0.4, -0.2) is 16.6 Å². The lowest BCUT2D eigenvalue weighted by Gasteiger charge is -2.02. The number of hydrogen-bond acceptors (Lipinski definition) is 4. The van der Waals surface area contributed by atoms with Gasteiger partial charge in [-0.15, -0.1) is 11.3 Å². The van der Waals surface area contributed by atoms with Crippen molar-refractivity contribution < 1.29 is 5.11 Å². The van der Waals surface area contributed by atoms with Crippen molar-refractivity contribution in [1.29, 1.82) is 0 Å². The van der Waals surface area contributed by atoms with Gasteiger partial charge in [0.05, 0.1) is 5.69 Å². The molecule has 1 atom stereocenters. The van der Waals surface area contributed by atoms with Crippen LogP contribution in [0.3, 0.4) is 0 Å². The molecule has 0 bridgehead atoms. The lowest BCUT2D eigenvalue weighted by Crippen LogP contribution is -2.11. The van der Waals surface area contributed by atoms with Crippen molar-refractivity contribution in [2.24, 2.45) is 5.73 Å². The van der Waals surface area contributed by atoms with Crippen LogP contribution in [0.1, 0.15) is 11.8 Å². The van der Waals surface area contributed by atoms with E-state index in [-0.39, 0.29) is 6.54 Å². The first-order valence-corrected chi connectivity index (χ1v) is 6.47. The second-order valence-electron chi connectivity index (χ2n) is 3.34. The maximum absolute atomic E-state index is 9.55. The fraction of sp³-hybridized carbons (Fsp3) is 0.182. The average molecular weight is 299 g/mol. The second-order valence-corrected chi connectivity index (χ2v) is 5.11. The summed E-state index contributed by atoms with van der Waals surface area (Å²) < 4.78 is 1.04. The summed E-state index contributed by atoms with van der Waals surface area (Å²) in [5.41, 5.74) is 7.07. The van der Waals surface area contributed by atoms with E-state index in [4.69, 9.17) is 5.73 Å². The first-order valence-electron chi connectivity index (χ1n) is 4.80. The van der Waals surface area contributed by atoms with Gasteiger partial charge in [0, 0.05) is 22.0 Å². The van der Waals surface area contributed by atoms with Crippen molar-refractivity contribution >= 4 is 27.3 Å². The van der Waals surface area contributed by atoms with Gasteiger partial charge in [-0.2, -0.15) is 0 Å². The van der Waals surface area contributed by atoms with E-state index in [1.165, 1.54) is 11.3 Å². The molecule has 0 saturated carbocycles. The molecule has 3 N–H and O–H groups in total. The van der Waals surface area contributed by atoms with Gasteiger partial charge in [-0.1, -0.05) is 28.1 Å². The monoisotopic (exact) mass is 298 g/mol. The molecule has 1 unspecified atom stereocenters. The van der Waals surface area contributed by atoms with Crippen LogP contribution in [0.4, 0.5) is 0 Å².